The summed E-state index contributed by atoms with van der Waals surface area (Å²) in [6.07, 6.45) is 1.75. The predicted octanol–water partition coefficient (Wildman–Crippen LogP) is 1.03. The fourth-order valence-corrected chi connectivity index (χ4v) is 1.82. The summed E-state index contributed by atoms with van der Waals surface area (Å²) in [6, 6.07) is 9.68. The molecule has 1 aromatic carbocycles. The minimum atomic E-state index is 0.400. The van der Waals surface area contributed by atoms with Crippen LogP contribution in [0.2, 0.25) is 0 Å². The van der Waals surface area contributed by atoms with Crippen molar-refractivity contribution in [3.8, 4) is 5.75 Å². The SMILES string of the molecule is COc1ccccc1CN=C(N)NCc1ccnn1C. The minimum Gasteiger partial charge on any atom is -0.496 e. The molecular formula is C14H19N5O. The number of aryl methyl sites for hydroxylation is 1. The van der Waals surface area contributed by atoms with Crippen molar-refractivity contribution >= 4 is 5.96 Å². The molecule has 0 atom stereocenters. The molecule has 0 fully saturated rings. The highest BCUT2D eigenvalue weighted by Crippen LogP contribution is 2.17. The van der Waals surface area contributed by atoms with Crippen molar-refractivity contribution in [1.82, 2.24) is 15.1 Å². The molecule has 1 aromatic heterocycles. The minimum absolute atomic E-state index is 0.400. The number of nitrogens with zero attached hydrogens (tertiary/aromatic N) is 3. The maximum atomic E-state index is 5.85. The zero-order valence-electron chi connectivity index (χ0n) is 11.7. The predicted molar refractivity (Wildman–Crippen MR) is 78.4 cm³/mol. The quantitative estimate of drug-likeness (QED) is 0.630. The van der Waals surface area contributed by atoms with Crippen LogP contribution in [0.5, 0.6) is 5.75 Å². The molecule has 0 bridgehead atoms. The number of guanidine groups is 1. The second-order valence-corrected chi connectivity index (χ2v) is 4.31. The first-order valence-corrected chi connectivity index (χ1v) is 6.33. The maximum Gasteiger partial charge on any atom is 0.189 e. The van der Waals surface area contributed by atoms with Crippen molar-refractivity contribution in [2.75, 3.05) is 7.11 Å². The van der Waals surface area contributed by atoms with Crippen molar-refractivity contribution in [2.24, 2.45) is 17.8 Å². The third-order valence-corrected chi connectivity index (χ3v) is 2.99. The Kier molecular flexibility index (Phi) is 4.60. The Hall–Kier alpha value is -2.50. The Morgan fingerprint density at radius 3 is 2.90 bits per heavy atom. The first-order valence-electron chi connectivity index (χ1n) is 6.33. The lowest BCUT2D eigenvalue weighted by Gasteiger charge is -2.08. The van der Waals surface area contributed by atoms with Crippen LogP contribution in [0.25, 0.3) is 0 Å². The Labute approximate surface area is 118 Å². The molecule has 106 valence electrons. The summed E-state index contributed by atoms with van der Waals surface area (Å²) in [6.45, 7) is 1.08. The van der Waals surface area contributed by atoms with Gasteiger partial charge in [-0.15, -0.1) is 0 Å². The molecule has 6 heteroatoms. The molecule has 0 spiro atoms. The van der Waals surface area contributed by atoms with E-state index < -0.39 is 0 Å². The summed E-state index contributed by atoms with van der Waals surface area (Å²) in [7, 11) is 3.53. The number of nitrogens with one attached hydrogen (secondary N) is 1. The van der Waals surface area contributed by atoms with Gasteiger partial charge in [0.2, 0.25) is 0 Å². The summed E-state index contributed by atoms with van der Waals surface area (Å²) in [5, 5.41) is 7.15. The zero-order valence-corrected chi connectivity index (χ0v) is 11.7. The summed E-state index contributed by atoms with van der Waals surface area (Å²) >= 11 is 0. The van der Waals surface area contributed by atoms with Gasteiger partial charge in [0, 0.05) is 18.8 Å². The molecule has 0 unspecified atom stereocenters. The van der Waals surface area contributed by atoms with Gasteiger partial charge in [-0.05, 0) is 12.1 Å². The first kappa shape index (κ1) is 13.9. The highest BCUT2D eigenvalue weighted by atomic mass is 16.5. The lowest BCUT2D eigenvalue weighted by molar-refractivity contribution is 0.410. The van der Waals surface area contributed by atoms with E-state index in [0.29, 0.717) is 19.0 Å². The first-order chi connectivity index (χ1) is 9.70. The van der Waals surface area contributed by atoms with Crippen LogP contribution in [0.4, 0.5) is 0 Å². The monoisotopic (exact) mass is 273 g/mol. The Morgan fingerprint density at radius 2 is 2.20 bits per heavy atom. The third kappa shape index (κ3) is 3.50. The smallest absolute Gasteiger partial charge is 0.189 e. The lowest BCUT2D eigenvalue weighted by Crippen LogP contribution is -2.31. The van der Waals surface area contributed by atoms with E-state index in [1.165, 1.54) is 0 Å². The molecule has 2 rings (SSSR count). The van der Waals surface area contributed by atoms with E-state index in [9.17, 15) is 0 Å². The van der Waals surface area contributed by atoms with E-state index in [0.717, 1.165) is 17.0 Å². The number of hydrogen-bond acceptors (Lipinski definition) is 3. The number of rotatable bonds is 5. The van der Waals surface area contributed by atoms with Crippen LogP contribution in [0.3, 0.4) is 0 Å². The second kappa shape index (κ2) is 6.60. The molecule has 0 aliphatic rings. The number of ether oxygens (including phenoxy) is 1. The van der Waals surface area contributed by atoms with E-state index in [-0.39, 0.29) is 0 Å². The maximum absolute atomic E-state index is 5.85. The largest absolute Gasteiger partial charge is 0.496 e. The number of para-hydroxylation sites is 1. The van der Waals surface area contributed by atoms with Crippen molar-refractivity contribution in [3.05, 3.63) is 47.8 Å². The molecule has 0 saturated heterocycles. The highest BCUT2D eigenvalue weighted by Gasteiger charge is 2.02. The standard InChI is InChI=1S/C14H19N5O/c1-19-12(7-8-18-19)10-17-14(15)16-9-11-5-3-4-6-13(11)20-2/h3-8H,9-10H2,1-2H3,(H3,15,16,17). The Balaban J connectivity index is 1.92. The van der Waals surface area contributed by atoms with Gasteiger partial charge in [0.05, 0.1) is 25.9 Å². The van der Waals surface area contributed by atoms with Crippen LogP contribution >= 0.6 is 0 Å². The molecule has 0 aliphatic carbocycles. The molecule has 0 radical (unpaired) electrons. The molecule has 2 aromatic rings. The summed E-state index contributed by atoms with van der Waals surface area (Å²) in [5.74, 6) is 1.22. The fourth-order valence-electron chi connectivity index (χ4n) is 1.82. The molecule has 20 heavy (non-hydrogen) atoms. The van der Waals surface area contributed by atoms with Crippen molar-refractivity contribution in [3.63, 3.8) is 0 Å². The molecular weight excluding hydrogens is 254 g/mol. The zero-order chi connectivity index (χ0) is 14.4. The highest BCUT2D eigenvalue weighted by molar-refractivity contribution is 5.77. The number of nitrogens with two attached hydrogens (primary N) is 1. The van der Waals surface area contributed by atoms with Gasteiger partial charge >= 0.3 is 0 Å². The normalized spacial score (nSPS) is 11.4. The van der Waals surface area contributed by atoms with E-state index >= 15 is 0 Å². The van der Waals surface area contributed by atoms with Gasteiger partial charge in [0.1, 0.15) is 5.75 Å². The molecule has 0 amide bonds. The van der Waals surface area contributed by atoms with Crippen molar-refractivity contribution < 1.29 is 4.74 Å². The van der Waals surface area contributed by atoms with Gasteiger partial charge in [0.25, 0.3) is 0 Å². The van der Waals surface area contributed by atoms with Crippen LogP contribution in [-0.2, 0) is 20.1 Å². The van der Waals surface area contributed by atoms with E-state index in [1.54, 1.807) is 18.0 Å². The number of hydrogen-bond donors (Lipinski definition) is 2. The van der Waals surface area contributed by atoms with Crippen LogP contribution in [0.15, 0.2) is 41.5 Å². The van der Waals surface area contributed by atoms with Gasteiger partial charge < -0.3 is 15.8 Å². The summed E-state index contributed by atoms with van der Waals surface area (Å²) in [5.41, 5.74) is 7.89. The van der Waals surface area contributed by atoms with E-state index in [4.69, 9.17) is 10.5 Å². The topological polar surface area (TPSA) is 77.5 Å². The lowest BCUT2D eigenvalue weighted by atomic mass is 10.2. The second-order valence-electron chi connectivity index (χ2n) is 4.31. The van der Waals surface area contributed by atoms with Gasteiger partial charge in [-0.2, -0.15) is 5.10 Å². The summed E-state index contributed by atoms with van der Waals surface area (Å²) < 4.78 is 7.06. The Bertz CT molecular complexity index is 591. The van der Waals surface area contributed by atoms with Gasteiger partial charge in [-0.3, -0.25) is 4.68 Å². The fraction of sp³-hybridized carbons (Fsp3) is 0.286. The molecule has 0 saturated carbocycles. The van der Waals surface area contributed by atoms with E-state index in [1.807, 2.05) is 37.4 Å². The average molecular weight is 273 g/mol. The van der Waals surface area contributed by atoms with Crippen LogP contribution in [-0.4, -0.2) is 22.8 Å². The van der Waals surface area contributed by atoms with Gasteiger partial charge in [0.15, 0.2) is 5.96 Å². The van der Waals surface area contributed by atoms with Crippen molar-refractivity contribution in [1.29, 1.82) is 0 Å². The van der Waals surface area contributed by atoms with Gasteiger partial charge in [-0.1, -0.05) is 18.2 Å². The van der Waals surface area contributed by atoms with Crippen molar-refractivity contribution in [2.45, 2.75) is 13.1 Å². The number of aromatic nitrogens is 2. The van der Waals surface area contributed by atoms with Crippen LogP contribution < -0.4 is 15.8 Å². The third-order valence-electron chi connectivity index (χ3n) is 2.99. The molecule has 6 nitrogen and oxygen atoms in total. The van der Waals surface area contributed by atoms with E-state index in [2.05, 4.69) is 15.4 Å². The Morgan fingerprint density at radius 1 is 1.40 bits per heavy atom. The van der Waals surface area contributed by atoms with Crippen LogP contribution in [0.1, 0.15) is 11.3 Å². The number of benzene rings is 1. The number of methoxy groups -OCH3 is 1. The molecule has 1 heterocycles. The summed E-state index contributed by atoms with van der Waals surface area (Å²) in [4.78, 5) is 4.31. The number of aliphatic imine (C=N–C) groups is 1. The average Bonchev–Trinajstić information content (AvgIpc) is 2.88. The van der Waals surface area contributed by atoms with Gasteiger partial charge in [-0.25, -0.2) is 4.99 Å². The molecule has 3 N–H and O–H groups in total. The van der Waals surface area contributed by atoms with Crippen LogP contribution in [0, 0.1) is 0 Å². The molecule has 0 aliphatic heterocycles.